The van der Waals surface area contributed by atoms with E-state index >= 15 is 0 Å². The van der Waals surface area contributed by atoms with Crippen molar-refractivity contribution in [2.24, 2.45) is 0 Å². The van der Waals surface area contributed by atoms with Gasteiger partial charge in [0.05, 0.1) is 12.1 Å². The van der Waals surface area contributed by atoms with Gasteiger partial charge in [0, 0.05) is 7.05 Å². The monoisotopic (exact) mass is 290 g/mol. The zero-order chi connectivity index (χ0) is 15.2. The first kappa shape index (κ1) is 16.0. The predicted molar refractivity (Wildman–Crippen MR) is 83.6 cm³/mol. The largest absolute Gasteiger partial charge is 0.379 e. The number of aliphatic hydroxyl groups is 1. The maximum absolute atomic E-state index is 12.6. The first-order valence-electron chi connectivity index (χ1n) is 7.89. The second-order valence-electron chi connectivity index (χ2n) is 5.83. The maximum Gasteiger partial charge on any atom is 0.240 e. The Labute approximate surface area is 127 Å². The number of benzene rings is 1. The van der Waals surface area contributed by atoms with Crippen molar-refractivity contribution in [1.29, 1.82) is 0 Å². The number of nitrogens with zero attached hydrogens (tertiary/aromatic N) is 1. The first-order valence-corrected chi connectivity index (χ1v) is 7.89. The number of carbonyl (C=O) groups excluding carboxylic acids is 1. The van der Waals surface area contributed by atoms with Crippen LogP contribution in [0.15, 0.2) is 30.3 Å². The highest BCUT2D eigenvalue weighted by Crippen LogP contribution is 2.27. The van der Waals surface area contributed by atoms with Gasteiger partial charge < -0.3 is 10.0 Å². The Morgan fingerprint density at radius 1 is 1.38 bits per heavy atom. The Hall–Kier alpha value is -1.39. The van der Waals surface area contributed by atoms with Gasteiger partial charge in [-0.05, 0) is 24.8 Å². The van der Waals surface area contributed by atoms with E-state index in [1.165, 1.54) is 5.56 Å². The fourth-order valence-corrected chi connectivity index (χ4v) is 2.97. The minimum Gasteiger partial charge on any atom is -0.379 e. The number of nitrogens with one attached hydrogen (secondary N) is 1. The lowest BCUT2D eigenvalue weighted by Gasteiger charge is -2.31. The Bertz CT molecular complexity index is 449. The van der Waals surface area contributed by atoms with Gasteiger partial charge in [-0.1, -0.05) is 50.1 Å². The minimum atomic E-state index is -0.543. The third-order valence-electron chi connectivity index (χ3n) is 4.25. The van der Waals surface area contributed by atoms with Crippen molar-refractivity contribution in [3.05, 3.63) is 35.9 Å². The highest BCUT2D eigenvalue weighted by atomic mass is 16.3. The summed E-state index contributed by atoms with van der Waals surface area (Å²) in [5.41, 5.74) is 1.18. The van der Waals surface area contributed by atoms with E-state index in [-0.39, 0.29) is 18.0 Å². The summed E-state index contributed by atoms with van der Waals surface area (Å²) in [5, 5.41) is 12.5. The van der Waals surface area contributed by atoms with E-state index in [1.54, 1.807) is 0 Å². The lowest BCUT2D eigenvalue weighted by atomic mass is 9.99. The van der Waals surface area contributed by atoms with Crippen LogP contribution in [0.25, 0.3) is 0 Å². The minimum absolute atomic E-state index is 0.0801. The van der Waals surface area contributed by atoms with Gasteiger partial charge in [-0.2, -0.15) is 0 Å². The van der Waals surface area contributed by atoms with Crippen LogP contribution in [0.5, 0.6) is 0 Å². The number of amides is 1. The molecule has 0 aromatic heterocycles. The van der Waals surface area contributed by atoms with E-state index in [2.05, 4.69) is 24.4 Å². The summed E-state index contributed by atoms with van der Waals surface area (Å²) in [5.74, 6) is 0.0801. The van der Waals surface area contributed by atoms with Gasteiger partial charge in [0.2, 0.25) is 5.91 Å². The second kappa shape index (κ2) is 7.57. The molecule has 0 spiro atoms. The average Bonchev–Trinajstić information content (AvgIpc) is 2.94. The van der Waals surface area contributed by atoms with Crippen LogP contribution < -0.4 is 5.32 Å². The smallest absolute Gasteiger partial charge is 0.240 e. The summed E-state index contributed by atoms with van der Waals surface area (Å²) in [7, 11) is 1.88. The molecule has 0 radical (unpaired) electrons. The normalized spacial score (nSPS) is 23.0. The van der Waals surface area contributed by atoms with Crippen molar-refractivity contribution in [2.75, 3.05) is 7.05 Å². The molecule has 21 heavy (non-hydrogen) atoms. The van der Waals surface area contributed by atoms with Crippen molar-refractivity contribution in [1.82, 2.24) is 10.2 Å². The first-order chi connectivity index (χ1) is 10.1. The van der Waals surface area contributed by atoms with Gasteiger partial charge in [-0.3, -0.25) is 10.1 Å². The lowest BCUT2D eigenvalue weighted by molar-refractivity contribution is -0.134. The van der Waals surface area contributed by atoms with Gasteiger partial charge in [0.25, 0.3) is 0 Å². The summed E-state index contributed by atoms with van der Waals surface area (Å²) in [6.07, 6.45) is 3.99. The molecule has 4 nitrogen and oxygen atoms in total. The fourth-order valence-electron chi connectivity index (χ4n) is 2.97. The van der Waals surface area contributed by atoms with Gasteiger partial charge in [0.15, 0.2) is 0 Å². The van der Waals surface area contributed by atoms with Crippen LogP contribution in [0, 0.1) is 0 Å². The predicted octanol–water partition coefficient (Wildman–Crippen LogP) is 2.45. The summed E-state index contributed by atoms with van der Waals surface area (Å²) in [6, 6.07) is 10.1. The Morgan fingerprint density at radius 2 is 2.10 bits per heavy atom. The standard InChI is InChI=1S/C17H26N2O2/c1-3-4-10-15(13-8-6-5-7-9-13)19(2)17(21)14-11-12-16(20)18-14/h5-9,14-16,18,20H,3-4,10-12H2,1-2H3/t14-,15?,16?/m0/s1. The number of aliphatic hydroxyl groups excluding tert-OH is 1. The van der Waals surface area contributed by atoms with Crippen LogP contribution in [-0.4, -0.2) is 35.2 Å². The van der Waals surface area contributed by atoms with E-state index in [9.17, 15) is 9.90 Å². The van der Waals surface area contributed by atoms with Crippen LogP contribution in [0.3, 0.4) is 0 Å². The second-order valence-corrected chi connectivity index (χ2v) is 5.83. The molecule has 4 heteroatoms. The molecule has 0 saturated carbocycles. The summed E-state index contributed by atoms with van der Waals surface area (Å²) >= 11 is 0. The maximum atomic E-state index is 12.6. The van der Waals surface area contributed by atoms with E-state index in [0.29, 0.717) is 12.8 Å². The SMILES string of the molecule is CCCCC(c1ccccc1)N(C)C(=O)[C@@H]1CCC(O)N1. The number of hydrogen-bond donors (Lipinski definition) is 2. The molecule has 1 aliphatic rings. The third-order valence-corrected chi connectivity index (χ3v) is 4.25. The molecule has 116 valence electrons. The average molecular weight is 290 g/mol. The van der Waals surface area contributed by atoms with Gasteiger partial charge in [0.1, 0.15) is 6.23 Å². The van der Waals surface area contributed by atoms with Crippen LogP contribution in [-0.2, 0) is 4.79 Å². The highest BCUT2D eigenvalue weighted by molar-refractivity contribution is 5.82. The molecule has 1 saturated heterocycles. The van der Waals surface area contributed by atoms with E-state index in [0.717, 1.165) is 19.3 Å². The van der Waals surface area contributed by atoms with Crippen molar-refractivity contribution < 1.29 is 9.90 Å². The van der Waals surface area contributed by atoms with E-state index in [4.69, 9.17) is 0 Å². The van der Waals surface area contributed by atoms with Crippen LogP contribution in [0.4, 0.5) is 0 Å². The molecule has 0 bridgehead atoms. The van der Waals surface area contributed by atoms with Crippen LogP contribution in [0.2, 0.25) is 0 Å². The Balaban J connectivity index is 2.10. The van der Waals surface area contributed by atoms with Gasteiger partial charge in [-0.15, -0.1) is 0 Å². The molecule has 1 aliphatic heterocycles. The van der Waals surface area contributed by atoms with Crippen molar-refractivity contribution in [2.45, 2.75) is 57.3 Å². The summed E-state index contributed by atoms with van der Waals surface area (Å²) in [4.78, 5) is 14.5. The lowest BCUT2D eigenvalue weighted by Crippen LogP contribution is -2.45. The highest BCUT2D eigenvalue weighted by Gasteiger charge is 2.32. The Kier molecular flexibility index (Phi) is 5.76. The molecule has 0 aliphatic carbocycles. The number of carbonyl (C=O) groups is 1. The number of hydrogen-bond acceptors (Lipinski definition) is 3. The quantitative estimate of drug-likeness (QED) is 0.846. The zero-order valence-electron chi connectivity index (χ0n) is 13.0. The fraction of sp³-hybridized carbons (Fsp3) is 0.588. The van der Waals surface area contributed by atoms with Gasteiger partial charge in [-0.25, -0.2) is 0 Å². The van der Waals surface area contributed by atoms with E-state index in [1.807, 2.05) is 30.1 Å². The Morgan fingerprint density at radius 3 is 2.67 bits per heavy atom. The van der Waals surface area contributed by atoms with Gasteiger partial charge >= 0.3 is 0 Å². The molecule has 1 heterocycles. The van der Waals surface area contributed by atoms with Crippen molar-refractivity contribution >= 4 is 5.91 Å². The molecule has 3 atom stereocenters. The molecular weight excluding hydrogens is 264 g/mol. The number of likely N-dealkylation sites (N-methyl/N-ethyl adjacent to an activating group) is 1. The number of rotatable bonds is 6. The van der Waals surface area contributed by atoms with Crippen molar-refractivity contribution in [3.8, 4) is 0 Å². The summed E-state index contributed by atoms with van der Waals surface area (Å²) < 4.78 is 0. The van der Waals surface area contributed by atoms with Crippen LogP contribution in [0.1, 0.15) is 50.6 Å². The third kappa shape index (κ3) is 4.05. The van der Waals surface area contributed by atoms with Crippen molar-refractivity contribution in [3.63, 3.8) is 0 Å². The molecule has 2 N–H and O–H groups in total. The molecule has 2 unspecified atom stereocenters. The molecular formula is C17H26N2O2. The molecule has 1 aromatic carbocycles. The number of unbranched alkanes of at least 4 members (excludes halogenated alkanes) is 1. The molecule has 1 aromatic rings. The van der Waals surface area contributed by atoms with Crippen LogP contribution >= 0.6 is 0 Å². The molecule has 1 amide bonds. The zero-order valence-corrected chi connectivity index (χ0v) is 13.0. The molecule has 2 rings (SSSR count). The van der Waals surface area contributed by atoms with E-state index < -0.39 is 6.23 Å². The topological polar surface area (TPSA) is 52.6 Å². The molecule has 1 fully saturated rings. The summed E-state index contributed by atoms with van der Waals surface area (Å²) in [6.45, 7) is 2.17.